The SMILES string of the molecule is COc1c(-n2ccnc2)cc(C2(C)CC2)cc1C(C)(C)C. The van der Waals surface area contributed by atoms with Gasteiger partial charge in [-0.2, -0.15) is 0 Å². The summed E-state index contributed by atoms with van der Waals surface area (Å²) in [5.74, 6) is 0.952. The Balaban J connectivity index is 2.26. The highest BCUT2D eigenvalue weighted by molar-refractivity contribution is 5.58. The highest BCUT2D eigenvalue weighted by Crippen LogP contribution is 2.50. The van der Waals surface area contributed by atoms with Crippen LogP contribution in [-0.4, -0.2) is 16.7 Å². The molecule has 0 atom stereocenters. The molecule has 1 heterocycles. The third kappa shape index (κ3) is 2.45. The Hall–Kier alpha value is -1.77. The molecule has 1 aromatic heterocycles. The quantitative estimate of drug-likeness (QED) is 0.843. The fraction of sp³-hybridized carbons (Fsp3) is 0.500. The van der Waals surface area contributed by atoms with E-state index in [4.69, 9.17) is 4.74 Å². The Morgan fingerprint density at radius 3 is 2.43 bits per heavy atom. The summed E-state index contributed by atoms with van der Waals surface area (Å²) in [7, 11) is 1.75. The summed E-state index contributed by atoms with van der Waals surface area (Å²) in [6, 6.07) is 4.61. The molecule has 0 spiro atoms. The molecule has 0 N–H and O–H groups in total. The van der Waals surface area contributed by atoms with Crippen LogP contribution >= 0.6 is 0 Å². The zero-order valence-electron chi connectivity index (χ0n) is 13.6. The van der Waals surface area contributed by atoms with E-state index in [9.17, 15) is 0 Å². The normalized spacial score (nSPS) is 16.8. The molecule has 21 heavy (non-hydrogen) atoms. The van der Waals surface area contributed by atoms with E-state index in [1.54, 1.807) is 7.11 Å². The first-order chi connectivity index (χ1) is 9.85. The highest BCUT2D eigenvalue weighted by Gasteiger charge is 2.40. The molecule has 0 bridgehead atoms. The average molecular weight is 284 g/mol. The molecule has 3 heteroatoms. The van der Waals surface area contributed by atoms with E-state index >= 15 is 0 Å². The Morgan fingerprint density at radius 1 is 1.24 bits per heavy atom. The summed E-state index contributed by atoms with van der Waals surface area (Å²) >= 11 is 0. The Bertz CT molecular complexity index is 647. The van der Waals surface area contributed by atoms with Crippen LogP contribution in [0, 0.1) is 0 Å². The van der Waals surface area contributed by atoms with Gasteiger partial charge < -0.3 is 9.30 Å². The molecule has 1 fully saturated rings. The number of methoxy groups -OCH3 is 1. The Kier molecular flexibility index (Phi) is 3.12. The van der Waals surface area contributed by atoms with E-state index in [0.29, 0.717) is 5.41 Å². The first-order valence-corrected chi connectivity index (χ1v) is 7.56. The van der Waals surface area contributed by atoms with Crippen molar-refractivity contribution in [2.75, 3.05) is 7.11 Å². The van der Waals surface area contributed by atoms with E-state index < -0.39 is 0 Å². The molecule has 0 unspecified atom stereocenters. The number of hydrogen-bond acceptors (Lipinski definition) is 2. The Morgan fingerprint density at radius 2 is 1.95 bits per heavy atom. The van der Waals surface area contributed by atoms with Gasteiger partial charge in [-0.05, 0) is 35.3 Å². The van der Waals surface area contributed by atoms with Gasteiger partial charge in [0.1, 0.15) is 5.75 Å². The number of imidazole rings is 1. The standard InChI is InChI=1S/C18H24N2O/c1-17(2,3)14-10-13(18(4)6-7-18)11-15(16(14)21-5)20-9-8-19-12-20/h8-12H,6-7H2,1-5H3. The lowest BCUT2D eigenvalue weighted by Gasteiger charge is -2.26. The van der Waals surface area contributed by atoms with E-state index in [0.717, 1.165) is 11.4 Å². The van der Waals surface area contributed by atoms with Crippen LogP contribution in [0.15, 0.2) is 30.9 Å². The molecule has 3 rings (SSSR count). The topological polar surface area (TPSA) is 27.1 Å². The van der Waals surface area contributed by atoms with Gasteiger partial charge in [0.15, 0.2) is 0 Å². The number of benzene rings is 1. The van der Waals surface area contributed by atoms with Gasteiger partial charge in [-0.15, -0.1) is 0 Å². The van der Waals surface area contributed by atoms with Gasteiger partial charge in [0.05, 0.1) is 19.1 Å². The summed E-state index contributed by atoms with van der Waals surface area (Å²) in [6.07, 6.45) is 8.16. The second-order valence-corrected chi connectivity index (χ2v) is 7.36. The van der Waals surface area contributed by atoms with Crippen LogP contribution in [0.4, 0.5) is 0 Å². The fourth-order valence-electron chi connectivity index (χ4n) is 2.80. The number of rotatable bonds is 3. The minimum atomic E-state index is 0.0436. The van der Waals surface area contributed by atoms with E-state index in [1.807, 2.05) is 23.3 Å². The largest absolute Gasteiger partial charge is 0.494 e. The van der Waals surface area contributed by atoms with Crippen molar-refractivity contribution in [1.29, 1.82) is 0 Å². The third-order valence-corrected chi connectivity index (χ3v) is 4.56. The lowest BCUT2D eigenvalue weighted by atomic mass is 9.82. The van der Waals surface area contributed by atoms with Gasteiger partial charge in [0, 0.05) is 18.0 Å². The van der Waals surface area contributed by atoms with Crippen molar-refractivity contribution >= 4 is 0 Å². The van der Waals surface area contributed by atoms with Crippen molar-refractivity contribution in [3.05, 3.63) is 42.0 Å². The van der Waals surface area contributed by atoms with Crippen molar-refractivity contribution in [2.24, 2.45) is 0 Å². The van der Waals surface area contributed by atoms with Gasteiger partial charge in [-0.1, -0.05) is 33.8 Å². The monoisotopic (exact) mass is 284 g/mol. The lowest BCUT2D eigenvalue weighted by molar-refractivity contribution is 0.395. The van der Waals surface area contributed by atoms with Gasteiger partial charge in [-0.25, -0.2) is 4.98 Å². The van der Waals surface area contributed by atoms with Crippen LogP contribution in [0.25, 0.3) is 5.69 Å². The van der Waals surface area contributed by atoms with Crippen LogP contribution in [0.3, 0.4) is 0 Å². The third-order valence-electron chi connectivity index (χ3n) is 4.56. The molecule has 0 radical (unpaired) electrons. The second-order valence-electron chi connectivity index (χ2n) is 7.36. The van der Waals surface area contributed by atoms with Crippen LogP contribution in [0.5, 0.6) is 5.75 Å². The summed E-state index contributed by atoms with van der Waals surface area (Å²) in [5.41, 5.74) is 4.14. The average Bonchev–Trinajstić information content (AvgIpc) is 2.97. The predicted octanol–water partition coefficient (Wildman–Crippen LogP) is 4.23. The number of hydrogen-bond donors (Lipinski definition) is 0. The van der Waals surface area contributed by atoms with Crippen molar-refractivity contribution in [3.63, 3.8) is 0 Å². The fourth-order valence-corrected chi connectivity index (χ4v) is 2.80. The van der Waals surface area contributed by atoms with Gasteiger partial charge in [-0.3, -0.25) is 0 Å². The maximum absolute atomic E-state index is 5.77. The molecule has 2 aromatic rings. The van der Waals surface area contributed by atoms with Crippen molar-refractivity contribution in [2.45, 2.75) is 51.4 Å². The molecular weight excluding hydrogens is 260 g/mol. The number of aromatic nitrogens is 2. The molecular formula is C18H24N2O. The maximum Gasteiger partial charge on any atom is 0.146 e. The number of nitrogens with zero attached hydrogens (tertiary/aromatic N) is 2. The predicted molar refractivity (Wildman–Crippen MR) is 85.4 cm³/mol. The van der Waals surface area contributed by atoms with Gasteiger partial charge >= 0.3 is 0 Å². The molecule has 0 aliphatic heterocycles. The molecule has 0 amide bonds. The highest BCUT2D eigenvalue weighted by atomic mass is 16.5. The molecule has 1 saturated carbocycles. The lowest BCUT2D eigenvalue weighted by Crippen LogP contribution is -2.16. The van der Waals surface area contributed by atoms with Gasteiger partial charge in [0.2, 0.25) is 0 Å². The summed E-state index contributed by atoms with van der Waals surface area (Å²) < 4.78 is 7.81. The molecule has 1 aromatic carbocycles. The van der Waals surface area contributed by atoms with Gasteiger partial charge in [0.25, 0.3) is 0 Å². The second kappa shape index (κ2) is 4.62. The van der Waals surface area contributed by atoms with Crippen LogP contribution < -0.4 is 4.74 Å². The maximum atomic E-state index is 5.77. The van der Waals surface area contributed by atoms with Crippen molar-refractivity contribution < 1.29 is 4.74 Å². The molecule has 1 aliphatic carbocycles. The van der Waals surface area contributed by atoms with E-state index in [1.165, 1.54) is 24.0 Å². The zero-order valence-corrected chi connectivity index (χ0v) is 13.6. The Labute approximate surface area is 127 Å². The molecule has 3 nitrogen and oxygen atoms in total. The smallest absolute Gasteiger partial charge is 0.146 e. The van der Waals surface area contributed by atoms with Crippen LogP contribution in [-0.2, 0) is 10.8 Å². The van der Waals surface area contributed by atoms with Crippen LogP contribution in [0.1, 0.15) is 51.7 Å². The number of ether oxygens (including phenoxy) is 1. The molecule has 1 aliphatic rings. The molecule has 112 valence electrons. The minimum Gasteiger partial charge on any atom is -0.494 e. The van der Waals surface area contributed by atoms with Crippen LogP contribution in [0.2, 0.25) is 0 Å². The van der Waals surface area contributed by atoms with Crippen molar-refractivity contribution in [3.8, 4) is 11.4 Å². The van der Waals surface area contributed by atoms with E-state index in [2.05, 4.69) is 44.8 Å². The van der Waals surface area contributed by atoms with E-state index in [-0.39, 0.29) is 5.41 Å². The first kappa shape index (κ1) is 14.2. The van der Waals surface area contributed by atoms with Crippen molar-refractivity contribution in [1.82, 2.24) is 9.55 Å². The summed E-state index contributed by atoms with van der Waals surface area (Å²) in [4.78, 5) is 4.18. The summed E-state index contributed by atoms with van der Waals surface area (Å²) in [6.45, 7) is 9.06. The zero-order chi connectivity index (χ0) is 15.3. The summed E-state index contributed by atoms with van der Waals surface area (Å²) in [5, 5.41) is 0. The first-order valence-electron chi connectivity index (χ1n) is 7.56. The molecule has 0 saturated heterocycles. The minimum absolute atomic E-state index is 0.0436.